The molecule has 0 aromatic heterocycles. The molecular weight excluding hydrogens is 422 g/mol. The smallest absolute Gasteiger partial charge is 0.321 e. The van der Waals surface area contributed by atoms with Gasteiger partial charge in [0.05, 0.1) is 29.6 Å². The zero-order valence-electron chi connectivity index (χ0n) is 18.1. The summed E-state index contributed by atoms with van der Waals surface area (Å²) in [6.07, 6.45) is 1.84. The molecule has 3 atom stereocenters. The number of hydrogen-bond acceptors (Lipinski definition) is 5. The van der Waals surface area contributed by atoms with Gasteiger partial charge < -0.3 is 15.3 Å². The molecule has 0 unspecified atom stereocenters. The van der Waals surface area contributed by atoms with Gasteiger partial charge in [0.1, 0.15) is 6.04 Å². The fourth-order valence-electron chi connectivity index (χ4n) is 5.32. The Bertz CT molecular complexity index is 1110. The van der Waals surface area contributed by atoms with Crippen LogP contribution in [0.5, 0.6) is 0 Å². The van der Waals surface area contributed by atoms with Gasteiger partial charge in [0.2, 0.25) is 5.91 Å². The van der Waals surface area contributed by atoms with Gasteiger partial charge >= 0.3 is 5.97 Å². The third-order valence-corrected chi connectivity index (χ3v) is 6.97. The number of imide groups is 1. The Morgan fingerprint density at radius 1 is 1.00 bits per heavy atom. The molecule has 1 saturated heterocycles. The number of rotatable bonds is 4. The third kappa shape index (κ3) is 3.60. The molecule has 2 aromatic carbocycles. The van der Waals surface area contributed by atoms with E-state index in [2.05, 4.69) is 5.32 Å². The van der Waals surface area contributed by atoms with E-state index in [1.165, 1.54) is 4.90 Å². The third-order valence-electron chi connectivity index (χ3n) is 6.97. The lowest BCUT2D eigenvalue weighted by atomic mass is 9.86. The molecule has 0 bridgehead atoms. The molecule has 3 heterocycles. The fourth-order valence-corrected chi connectivity index (χ4v) is 5.32. The van der Waals surface area contributed by atoms with Crippen LogP contribution in [-0.2, 0) is 16.0 Å². The second-order valence-corrected chi connectivity index (χ2v) is 8.78. The lowest BCUT2D eigenvalue weighted by Gasteiger charge is -2.42. The van der Waals surface area contributed by atoms with Gasteiger partial charge in [-0.1, -0.05) is 36.4 Å². The summed E-state index contributed by atoms with van der Waals surface area (Å²) in [5, 5.41) is 12.6. The van der Waals surface area contributed by atoms with E-state index in [1.807, 2.05) is 24.3 Å². The molecule has 2 N–H and O–H groups in total. The summed E-state index contributed by atoms with van der Waals surface area (Å²) in [7, 11) is 0. The molecule has 3 amide bonds. The van der Waals surface area contributed by atoms with Crippen LogP contribution < -0.4 is 5.32 Å². The van der Waals surface area contributed by atoms with Gasteiger partial charge in [-0.25, -0.2) is 0 Å². The van der Waals surface area contributed by atoms with Gasteiger partial charge in [-0.2, -0.15) is 0 Å². The SMILES string of the molecule is O=C(O)[C@H]1NCCC[C@H]1C(=O)N1CCc2ccccc2[C@H]1CN1C(=O)c2ccccc2C1=O. The van der Waals surface area contributed by atoms with Crippen molar-refractivity contribution in [3.63, 3.8) is 0 Å². The van der Waals surface area contributed by atoms with Crippen molar-refractivity contribution in [3.05, 3.63) is 70.8 Å². The zero-order valence-corrected chi connectivity index (χ0v) is 18.1. The number of nitrogens with zero attached hydrogens (tertiary/aromatic N) is 2. The fraction of sp³-hybridized carbons (Fsp3) is 0.360. The van der Waals surface area contributed by atoms with E-state index >= 15 is 0 Å². The van der Waals surface area contributed by atoms with Crippen LogP contribution in [0.1, 0.15) is 50.7 Å². The highest BCUT2D eigenvalue weighted by Gasteiger charge is 2.44. The first-order chi connectivity index (χ1) is 16.0. The van der Waals surface area contributed by atoms with Crippen molar-refractivity contribution in [3.8, 4) is 0 Å². The van der Waals surface area contributed by atoms with E-state index in [9.17, 15) is 24.3 Å². The van der Waals surface area contributed by atoms with Gasteiger partial charge in [-0.05, 0) is 49.1 Å². The second-order valence-electron chi connectivity index (χ2n) is 8.78. The molecule has 8 nitrogen and oxygen atoms in total. The molecule has 5 rings (SSSR count). The standard InChI is InChI=1S/C25H25N3O5/c29-22-17-8-3-4-9-18(17)23(30)28(22)14-20-16-7-2-1-6-15(16)11-13-27(20)24(31)19-10-5-12-26-21(19)25(32)33/h1-4,6-9,19-21,26H,5,10-14H2,(H,32,33)/t19-,20-,21+/m1/s1. The number of carbonyl (C=O) groups excluding carboxylic acids is 3. The highest BCUT2D eigenvalue weighted by Crippen LogP contribution is 2.35. The molecule has 0 radical (unpaired) electrons. The number of piperidine rings is 1. The summed E-state index contributed by atoms with van der Waals surface area (Å²) in [5.41, 5.74) is 2.70. The Morgan fingerprint density at radius 3 is 2.36 bits per heavy atom. The minimum absolute atomic E-state index is 0.0347. The van der Waals surface area contributed by atoms with Crippen LogP contribution >= 0.6 is 0 Å². The average molecular weight is 447 g/mol. The molecule has 8 heteroatoms. The number of aliphatic carboxylic acids is 1. The summed E-state index contributed by atoms with van der Waals surface area (Å²) in [6.45, 7) is 1.00. The molecule has 1 fully saturated rings. The van der Waals surface area contributed by atoms with Crippen molar-refractivity contribution in [2.45, 2.75) is 31.3 Å². The summed E-state index contributed by atoms with van der Waals surface area (Å²) >= 11 is 0. The molecule has 33 heavy (non-hydrogen) atoms. The Kier molecular flexibility index (Phi) is 5.46. The zero-order chi connectivity index (χ0) is 23.1. The highest BCUT2D eigenvalue weighted by atomic mass is 16.4. The first kappa shape index (κ1) is 21.3. The molecule has 2 aromatic rings. The van der Waals surface area contributed by atoms with Gasteiger partial charge in [0.25, 0.3) is 11.8 Å². The van der Waals surface area contributed by atoms with Crippen molar-refractivity contribution >= 4 is 23.7 Å². The van der Waals surface area contributed by atoms with Crippen molar-refractivity contribution < 1.29 is 24.3 Å². The first-order valence-electron chi connectivity index (χ1n) is 11.3. The Hall–Kier alpha value is -3.52. The van der Waals surface area contributed by atoms with E-state index in [1.54, 1.807) is 29.2 Å². The number of carboxylic acid groups (broad SMARTS) is 1. The Labute approximate surface area is 191 Å². The summed E-state index contributed by atoms with van der Waals surface area (Å²) in [5.74, 6) is -2.71. The van der Waals surface area contributed by atoms with Crippen molar-refractivity contribution in [2.75, 3.05) is 19.6 Å². The van der Waals surface area contributed by atoms with Crippen LogP contribution in [0.15, 0.2) is 48.5 Å². The minimum atomic E-state index is -1.04. The van der Waals surface area contributed by atoms with Crippen LogP contribution in [0.2, 0.25) is 0 Å². The van der Waals surface area contributed by atoms with Crippen molar-refractivity contribution in [1.29, 1.82) is 0 Å². The maximum absolute atomic E-state index is 13.7. The van der Waals surface area contributed by atoms with Crippen LogP contribution in [-0.4, -0.2) is 64.3 Å². The molecule has 3 aliphatic heterocycles. The predicted molar refractivity (Wildman–Crippen MR) is 119 cm³/mol. The number of carbonyl (C=O) groups is 4. The Balaban J connectivity index is 1.48. The lowest BCUT2D eigenvalue weighted by Crippen LogP contribution is -2.55. The first-order valence-corrected chi connectivity index (χ1v) is 11.3. The number of fused-ring (bicyclic) bond motifs is 2. The predicted octanol–water partition coefficient (Wildman–Crippen LogP) is 1.86. The van der Waals surface area contributed by atoms with E-state index < -0.39 is 24.0 Å². The number of benzene rings is 2. The van der Waals surface area contributed by atoms with Crippen LogP contribution in [0, 0.1) is 5.92 Å². The second kappa shape index (κ2) is 8.44. The molecule has 0 spiro atoms. The molecule has 170 valence electrons. The summed E-state index contributed by atoms with van der Waals surface area (Å²) in [4.78, 5) is 54.4. The maximum atomic E-state index is 13.7. The van der Waals surface area contributed by atoms with E-state index in [0.717, 1.165) is 11.1 Å². The molecular formula is C25H25N3O5. The number of hydrogen-bond donors (Lipinski definition) is 2. The van der Waals surface area contributed by atoms with Crippen molar-refractivity contribution in [2.24, 2.45) is 5.92 Å². The number of carboxylic acids is 1. The van der Waals surface area contributed by atoms with Crippen LogP contribution in [0.4, 0.5) is 0 Å². The average Bonchev–Trinajstić information content (AvgIpc) is 3.08. The maximum Gasteiger partial charge on any atom is 0.321 e. The normalized spacial score (nSPS) is 24.4. The summed E-state index contributed by atoms with van der Waals surface area (Å²) < 4.78 is 0. The van der Waals surface area contributed by atoms with Crippen LogP contribution in [0.25, 0.3) is 0 Å². The molecule has 0 aliphatic carbocycles. The van der Waals surface area contributed by atoms with Crippen molar-refractivity contribution in [1.82, 2.24) is 15.1 Å². The highest BCUT2D eigenvalue weighted by molar-refractivity contribution is 6.21. The molecule has 3 aliphatic rings. The quantitative estimate of drug-likeness (QED) is 0.693. The van der Waals surface area contributed by atoms with E-state index in [-0.39, 0.29) is 24.3 Å². The topological polar surface area (TPSA) is 107 Å². The van der Waals surface area contributed by atoms with Gasteiger partial charge in [0.15, 0.2) is 0 Å². The monoisotopic (exact) mass is 447 g/mol. The summed E-state index contributed by atoms with van der Waals surface area (Å²) in [6, 6.07) is 13.0. The van der Waals surface area contributed by atoms with E-state index in [0.29, 0.717) is 43.5 Å². The molecule has 0 saturated carbocycles. The van der Waals surface area contributed by atoms with Crippen LogP contribution in [0.3, 0.4) is 0 Å². The lowest BCUT2D eigenvalue weighted by molar-refractivity contribution is -0.150. The van der Waals surface area contributed by atoms with E-state index in [4.69, 9.17) is 0 Å². The minimum Gasteiger partial charge on any atom is -0.480 e. The number of nitrogens with one attached hydrogen (secondary N) is 1. The van der Waals surface area contributed by atoms with Gasteiger partial charge in [-0.15, -0.1) is 0 Å². The van der Waals surface area contributed by atoms with Gasteiger partial charge in [0, 0.05) is 6.54 Å². The van der Waals surface area contributed by atoms with Gasteiger partial charge in [-0.3, -0.25) is 24.1 Å². The number of amides is 3. The Morgan fingerprint density at radius 2 is 1.67 bits per heavy atom. The largest absolute Gasteiger partial charge is 0.480 e.